The molecular formula is C18H27FN2O3. The predicted octanol–water partition coefficient (Wildman–Crippen LogP) is 2.16. The Morgan fingerprint density at radius 2 is 2.04 bits per heavy atom. The van der Waals surface area contributed by atoms with Crippen LogP contribution in [0.3, 0.4) is 0 Å². The lowest BCUT2D eigenvalue weighted by Crippen LogP contribution is -2.51. The van der Waals surface area contributed by atoms with Gasteiger partial charge >= 0.3 is 0 Å². The van der Waals surface area contributed by atoms with Crippen molar-refractivity contribution in [3.8, 4) is 5.75 Å². The predicted molar refractivity (Wildman–Crippen MR) is 90.6 cm³/mol. The first-order valence-electron chi connectivity index (χ1n) is 8.48. The highest BCUT2D eigenvalue weighted by molar-refractivity contribution is 5.82. The quantitative estimate of drug-likeness (QED) is 0.728. The van der Waals surface area contributed by atoms with E-state index in [1.807, 2.05) is 7.05 Å². The van der Waals surface area contributed by atoms with Crippen molar-refractivity contribution in [2.75, 3.05) is 47.0 Å². The number of piperidine rings is 1. The molecule has 0 bridgehead atoms. The molecule has 1 aromatic rings. The zero-order chi connectivity index (χ0) is 17.4. The number of hydrogen-bond donors (Lipinski definition) is 0. The van der Waals surface area contributed by atoms with Gasteiger partial charge in [-0.05, 0) is 38.6 Å². The first kappa shape index (κ1) is 18.7. The molecule has 0 spiro atoms. The normalized spacial score (nSPS) is 18.4. The van der Waals surface area contributed by atoms with E-state index in [9.17, 15) is 9.18 Å². The van der Waals surface area contributed by atoms with E-state index in [0.29, 0.717) is 19.7 Å². The van der Waals surface area contributed by atoms with Crippen LogP contribution in [0.25, 0.3) is 0 Å². The lowest BCUT2D eigenvalue weighted by atomic mass is 10.0. The van der Waals surface area contributed by atoms with Crippen LogP contribution in [0, 0.1) is 5.82 Å². The number of methoxy groups -OCH3 is 1. The number of likely N-dealkylation sites (tertiary alicyclic amines) is 1. The van der Waals surface area contributed by atoms with E-state index in [0.717, 1.165) is 25.8 Å². The van der Waals surface area contributed by atoms with E-state index in [1.165, 1.54) is 6.07 Å². The molecule has 134 valence electrons. The Labute approximate surface area is 143 Å². The van der Waals surface area contributed by atoms with E-state index < -0.39 is 0 Å². The van der Waals surface area contributed by atoms with Crippen LogP contribution in [0.15, 0.2) is 24.3 Å². The van der Waals surface area contributed by atoms with Crippen molar-refractivity contribution >= 4 is 5.91 Å². The molecule has 0 unspecified atom stereocenters. The molecule has 1 atom stereocenters. The zero-order valence-electron chi connectivity index (χ0n) is 14.5. The van der Waals surface area contributed by atoms with Crippen molar-refractivity contribution in [1.29, 1.82) is 0 Å². The Bertz CT molecular complexity index is 527. The van der Waals surface area contributed by atoms with Crippen LogP contribution < -0.4 is 4.74 Å². The highest BCUT2D eigenvalue weighted by atomic mass is 19.1. The van der Waals surface area contributed by atoms with Gasteiger partial charge < -0.3 is 14.4 Å². The number of ether oxygens (including phenoxy) is 2. The van der Waals surface area contributed by atoms with Gasteiger partial charge in [0.25, 0.3) is 0 Å². The summed E-state index contributed by atoms with van der Waals surface area (Å²) in [7, 11) is 3.61. The number of halogens is 1. The molecule has 24 heavy (non-hydrogen) atoms. The van der Waals surface area contributed by atoms with E-state index in [-0.39, 0.29) is 30.1 Å². The Balaban J connectivity index is 1.92. The molecule has 1 amide bonds. The van der Waals surface area contributed by atoms with Crippen LogP contribution in [0.1, 0.15) is 19.3 Å². The third-order valence-corrected chi connectivity index (χ3v) is 4.39. The number of nitrogens with zero attached hydrogens (tertiary/aromatic N) is 2. The van der Waals surface area contributed by atoms with Gasteiger partial charge in [-0.3, -0.25) is 9.69 Å². The smallest absolute Gasteiger partial charge is 0.240 e. The summed E-state index contributed by atoms with van der Waals surface area (Å²) in [5.74, 6) is -0.0721. The fourth-order valence-corrected chi connectivity index (χ4v) is 2.96. The monoisotopic (exact) mass is 338 g/mol. The van der Waals surface area contributed by atoms with Gasteiger partial charge in [-0.1, -0.05) is 18.6 Å². The van der Waals surface area contributed by atoms with Crippen LogP contribution in [0.5, 0.6) is 5.75 Å². The van der Waals surface area contributed by atoms with Crippen LogP contribution in [0.2, 0.25) is 0 Å². The van der Waals surface area contributed by atoms with Gasteiger partial charge in [0.1, 0.15) is 6.61 Å². The summed E-state index contributed by atoms with van der Waals surface area (Å²) in [5.41, 5.74) is 0. The molecule has 0 aliphatic carbocycles. The second kappa shape index (κ2) is 9.59. The summed E-state index contributed by atoms with van der Waals surface area (Å²) in [6.45, 7) is 2.61. The number of hydrogen-bond acceptors (Lipinski definition) is 4. The van der Waals surface area contributed by atoms with Gasteiger partial charge in [-0.15, -0.1) is 0 Å². The van der Waals surface area contributed by atoms with Gasteiger partial charge in [0, 0.05) is 13.7 Å². The molecule has 1 aliphatic heterocycles. The molecule has 5 nitrogen and oxygen atoms in total. The zero-order valence-corrected chi connectivity index (χ0v) is 14.5. The maximum Gasteiger partial charge on any atom is 0.240 e. The second-order valence-corrected chi connectivity index (χ2v) is 6.09. The molecule has 0 radical (unpaired) electrons. The topological polar surface area (TPSA) is 42.0 Å². The van der Waals surface area contributed by atoms with E-state index >= 15 is 0 Å². The second-order valence-electron chi connectivity index (χ2n) is 6.09. The molecule has 0 saturated carbocycles. The lowest BCUT2D eigenvalue weighted by Gasteiger charge is -2.35. The van der Waals surface area contributed by atoms with Crippen molar-refractivity contribution in [3.63, 3.8) is 0 Å². The first-order chi connectivity index (χ1) is 11.6. The van der Waals surface area contributed by atoms with Crippen molar-refractivity contribution in [2.45, 2.75) is 25.3 Å². The number of rotatable bonds is 8. The Morgan fingerprint density at radius 3 is 2.75 bits per heavy atom. The maximum absolute atomic E-state index is 13.6. The number of carbonyl (C=O) groups excluding carboxylic acids is 1. The Morgan fingerprint density at radius 1 is 1.29 bits per heavy atom. The van der Waals surface area contributed by atoms with Crippen molar-refractivity contribution in [3.05, 3.63) is 30.1 Å². The summed E-state index contributed by atoms with van der Waals surface area (Å²) >= 11 is 0. The van der Waals surface area contributed by atoms with Crippen LogP contribution in [-0.2, 0) is 9.53 Å². The summed E-state index contributed by atoms with van der Waals surface area (Å²) in [6, 6.07) is 6.22. The number of likely N-dealkylation sites (N-methyl/N-ethyl adjacent to an activating group) is 1. The average Bonchev–Trinajstić information content (AvgIpc) is 2.59. The molecule has 1 aliphatic rings. The fraction of sp³-hybridized carbons (Fsp3) is 0.611. The molecule has 1 fully saturated rings. The standard InChI is InChI=1S/C18H27FN2O3/c1-20-10-6-5-8-16(20)18(22)21(11-13-23-2)12-14-24-17-9-4-3-7-15(17)19/h3-4,7,9,16H,5-6,8,10-14H2,1-2H3/t16-/m1/s1. The molecule has 1 heterocycles. The van der Waals surface area contributed by atoms with Crippen molar-refractivity contribution in [1.82, 2.24) is 9.80 Å². The van der Waals surface area contributed by atoms with Crippen molar-refractivity contribution in [2.24, 2.45) is 0 Å². The SMILES string of the molecule is COCCN(CCOc1ccccc1F)C(=O)[C@H]1CCCCN1C. The highest BCUT2D eigenvalue weighted by Crippen LogP contribution is 2.18. The van der Waals surface area contributed by atoms with Gasteiger partial charge in [0.05, 0.1) is 19.2 Å². The molecule has 6 heteroatoms. The minimum absolute atomic E-state index is 0.0796. The number of para-hydroxylation sites is 1. The van der Waals surface area contributed by atoms with Gasteiger partial charge in [0.15, 0.2) is 11.6 Å². The van der Waals surface area contributed by atoms with Crippen LogP contribution in [-0.4, -0.2) is 68.8 Å². The van der Waals surface area contributed by atoms with Crippen molar-refractivity contribution < 1.29 is 18.7 Å². The summed E-state index contributed by atoms with van der Waals surface area (Å²) in [4.78, 5) is 16.7. The minimum Gasteiger partial charge on any atom is -0.489 e. The summed E-state index contributed by atoms with van der Waals surface area (Å²) in [6.07, 6.45) is 3.09. The van der Waals surface area contributed by atoms with E-state index in [2.05, 4.69) is 4.90 Å². The van der Waals surface area contributed by atoms with Gasteiger partial charge in [-0.2, -0.15) is 0 Å². The summed E-state index contributed by atoms with van der Waals surface area (Å²) < 4.78 is 24.2. The van der Waals surface area contributed by atoms with E-state index in [1.54, 1.807) is 30.2 Å². The molecule has 1 saturated heterocycles. The highest BCUT2D eigenvalue weighted by Gasteiger charge is 2.29. The largest absolute Gasteiger partial charge is 0.489 e. The van der Waals surface area contributed by atoms with Gasteiger partial charge in [-0.25, -0.2) is 4.39 Å². The van der Waals surface area contributed by atoms with Crippen LogP contribution >= 0.6 is 0 Å². The number of amides is 1. The maximum atomic E-state index is 13.6. The Kier molecular flexibility index (Phi) is 7.46. The molecular weight excluding hydrogens is 311 g/mol. The number of benzene rings is 1. The molecule has 0 N–H and O–H groups in total. The van der Waals surface area contributed by atoms with E-state index in [4.69, 9.17) is 9.47 Å². The minimum atomic E-state index is -0.390. The lowest BCUT2D eigenvalue weighted by molar-refractivity contribution is -0.138. The molecule has 1 aromatic carbocycles. The molecule has 0 aromatic heterocycles. The first-order valence-corrected chi connectivity index (χ1v) is 8.48. The Hall–Kier alpha value is -1.66. The van der Waals surface area contributed by atoms with Crippen LogP contribution in [0.4, 0.5) is 4.39 Å². The van der Waals surface area contributed by atoms with Gasteiger partial charge in [0.2, 0.25) is 5.91 Å². The average molecular weight is 338 g/mol. The fourth-order valence-electron chi connectivity index (χ4n) is 2.96. The summed E-state index contributed by atoms with van der Waals surface area (Å²) in [5, 5.41) is 0. The third kappa shape index (κ3) is 5.18. The molecule has 2 rings (SSSR count). The third-order valence-electron chi connectivity index (χ3n) is 4.39. The number of carbonyl (C=O) groups is 1.